The fraction of sp³-hybridized carbons (Fsp3) is 0.333. The first-order valence-corrected chi connectivity index (χ1v) is 5.64. The van der Waals surface area contributed by atoms with Gasteiger partial charge in [-0.15, -0.1) is 0 Å². The third kappa shape index (κ3) is 2.98. The Hall–Kier alpha value is -2.08. The molecule has 1 aromatic rings. The Morgan fingerprint density at radius 3 is 2.33 bits per heavy atom. The molecule has 0 unspecified atom stereocenters. The summed E-state index contributed by atoms with van der Waals surface area (Å²) in [6, 6.07) is 6.37. The van der Waals surface area contributed by atoms with Crippen molar-refractivity contribution in [2.75, 3.05) is 31.6 Å². The van der Waals surface area contributed by atoms with Crippen molar-refractivity contribution in [2.24, 2.45) is 0 Å². The van der Waals surface area contributed by atoms with E-state index in [2.05, 4.69) is 5.32 Å². The molecule has 0 bridgehead atoms. The number of morpholine rings is 1. The molecule has 2 N–H and O–H groups in total. The summed E-state index contributed by atoms with van der Waals surface area (Å²) < 4.78 is 5.18. The van der Waals surface area contributed by atoms with Gasteiger partial charge >= 0.3 is 6.09 Å². The Kier molecular flexibility index (Phi) is 3.78. The van der Waals surface area contributed by atoms with Crippen LogP contribution in [0, 0.1) is 0 Å². The summed E-state index contributed by atoms with van der Waals surface area (Å²) in [7, 11) is 0. The number of carboxylic acid groups (broad SMARTS) is 1. The predicted octanol–water partition coefficient (Wildman–Crippen LogP) is 1.25. The highest BCUT2D eigenvalue weighted by Gasteiger charge is 2.18. The van der Waals surface area contributed by atoms with Gasteiger partial charge in [-0.1, -0.05) is 0 Å². The molecular weight excluding hydrogens is 236 g/mol. The molecule has 1 aliphatic rings. The second-order valence-corrected chi connectivity index (χ2v) is 3.91. The second kappa shape index (κ2) is 5.50. The highest BCUT2D eigenvalue weighted by atomic mass is 16.5. The number of hydrogen-bond acceptors (Lipinski definition) is 3. The third-order valence-electron chi connectivity index (χ3n) is 2.68. The van der Waals surface area contributed by atoms with E-state index < -0.39 is 6.09 Å². The van der Waals surface area contributed by atoms with E-state index in [1.54, 1.807) is 29.2 Å². The minimum absolute atomic E-state index is 0.0554. The minimum atomic E-state index is -1.12. The van der Waals surface area contributed by atoms with Gasteiger partial charge in [0.25, 0.3) is 5.91 Å². The van der Waals surface area contributed by atoms with Gasteiger partial charge in [-0.25, -0.2) is 4.79 Å². The number of nitrogens with one attached hydrogen (secondary N) is 1. The second-order valence-electron chi connectivity index (χ2n) is 3.91. The molecule has 0 saturated carbocycles. The molecule has 6 nitrogen and oxygen atoms in total. The average molecular weight is 250 g/mol. The van der Waals surface area contributed by atoms with Crippen LogP contribution in [0.15, 0.2) is 24.3 Å². The summed E-state index contributed by atoms with van der Waals surface area (Å²) in [6.45, 7) is 2.30. The molecule has 1 aliphatic heterocycles. The summed E-state index contributed by atoms with van der Waals surface area (Å²) in [5, 5.41) is 10.8. The van der Waals surface area contributed by atoms with Crippen LogP contribution in [0.3, 0.4) is 0 Å². The van der Waals surface area contributed by atoms with E-state index in [1.807, 2.05) is 0 Å². The Balaban J connectivity index is 2.04. The first kappa shape index (κ1) is 12.4. The van der Waals surface area contributed by atoms with E-state index in [1.165, 1.54) is 0 Å². The smallest absolute Gasteiger partial charge is 0.409 e. The van der Waals surface area contributed by atoms with Crippen LogP contribution in [-0.2, 0) is 4.74 Å². The molecule has 1 aromatic carbocycles. The van der Waals surface area contributed by atoms with Crippen LogP contribution in [0.1, 0.15) is 10.4 Å². The quantitative estimate of drug-likeness (QED) is 0.828. The lowest BCUT2D eigenvalue weighted by atomic mass is 10.1. The summed E-state index contributed by atoms with van der Waals surface area (Å²) >= 11 is 0. The van der Waals surface area contributed by atoms with Crippen LogP contribution >= 0.6 is 0 Å². The van der Waals surface area contributed by atoms with Crippen molar-refractivity contribution in [3.63, 3.8) is 0 Å². The maximum absolute atomic E-state index is 12.1. The van der Waals surface area contributed by atoms with Crippen molar-refractivity contribution in [3.8, 4) is 0 Å². The van der Waals surface area contributed by atoms with Crippen molar-refractivity contribution in [1.82, 2.24) is 4.90 Å². The first-order chi connectivity index (χ1) is 8.66. The molecule has 0 radical (unpaired) electrons. The van der Waals surface area contributed by atoms with Crippen LogP contribution in [0.2, 0.25) is 0 Å². The molecule has 0 aliphatic carbocycles. The van der Waals surface area contributed by atoms with Crippen LogP contribution in [0.4, 0.5) is 10.5 Å². The fourth-order valence-electron chi connectivity index (χ4n) is 1.77. The molecule has 1 saturated heterocycles. The Morgan fingerprint density at radius 1 is 1.17 bits per heavy atom. The molecule has 2 rings (SSSR count). The largest absolute Gasteiger partial charge is 0.465 e. The topological polar surface area (TPSA) is 78.9 Å². The van der Waals surface area contributed by atoms with Gasteiger partial charge in [-0.3, -0.25) is 10.1 Å². The Labute approximate surface area is 104 Å². The Bertz CT molecular complexity index is 438. The van der Waals surface area contributed by atoms with Crippen molar-refractivity contribution in [3.05, 3.63) is 29.8 Å². The van der Waals surface area contributed by atoms with E-state index >= 15 is 0 Å². The highest BCUT2D eigenvalue weighted by Crippen LogP contribution is 2.12. The lowest BCUT2D eigenvalue weighted by Crippen LogP contribution is -2.40. The molecule has 0 atom stereocenters. The van der Waals surface area contributed by atoms with Crippen molar-refractivity contribution >= 4 is 17.7 Å². The summed E-state index contributed by atoms with van der Waals surface area (Å²) in [4.78, 5) is 24.2. The Morgan fingerprint density at radius 2 is 1.78 bits per heavy atom. The molecule has 18 heavy (non-hydrogen) atoms. The van der Waals surface area contributed by atoms with Gasteiger partial charge in [0.05, 0.1) is 13.2 Å². The lowest BCUT2D eigenvalue weighted by Gasteiger charge is -2.26. The molecule has 6 heteroatoms. The fourth-order valence-corrected chi connectivity index (χ4v) is 1.77. The van der Waals surface area contributed by atoms with E-state index in [-0.39, 0.29) is 5.91 Å². The monoisotopic (exact) mass is 250 g/mol. The maximum Gasteiger partial charge on any atom is 0.409 e. The lowest BCUT2D eigenvalue weighted by molar-refractivity contribution is 0.0303. The van der Waals surface area contributed by atoms with E-state index in [4.69, 9.17) is 9.84 Å². The first-order valence-electron chi connectivity index (χ1n) is 5.64. The zero-order valence-corrected chi connectivity index (χ0v) is 9.76. The normalized spacial score (nSPS) is 15.2. The van der Waals surface area contributed by atoms with Gasteiger partial charge in [-0.2, -0.15) is 0 Å². The predicted molar refractivity (Wildman–Crippen MR) is 64.8 cm³/mol. The van der Waals surface area contributed by atoms with E-state index in [0.717, 1.165) is 0 Å². The number of carbonyl (C=O) groups excluding carboxylic acids is 1. The number of rotatable bonds is 2. The van der Waals surface area contributed by atoms with Crippen molar-refractivity contribution in [2.45, 2.75) is 0 Å². The van der Waals surface area contributed by atoms with Crippen LogP contribution in [-0.4, -0.2) is 48.3 Å². The number of ether oxygens (including phenoxy) is 1. The van der Waals surface area contributed by atoms with Crippen LogP contribution in [0.25, 0.3) is 0 Å². The average Bonchev–Trinajstić information content (AvgIpc) is 2.39. The number of amides is 2. The van der Waals surface area contributed by atoms with E-state index in [9.17, 15) is 9.59 Å². The molecule has 96 valence electrons. The SMILES string of the molecule is O=C(O)Nc1ccc(C(=O)N2CCOCC2)cc1. The van der Waals surface area contributed by atoms with Crippen molar-refractivity contribution < 1.29 is 19.4 Å². The molecule has 1 heterocycles. The number of anilines is 1. The zero-order valence-electron chi connectivity index (χ0n) is 9.76. The zero-order chi connectivity index (χ0) is 13.0. The number of carbonyl (C=O) groups is 2. The van der Waals surface area contributed by atoms with Crippen LogP contribution < -0.4 is 5.32 Å². The molecule has 1 fully saturated rings. The molecule has 0 aromatic heterocycles. The number of benzene rings is 1. The standard InChI is InChI=1S/C12H14N2O4/c15-11(14-5-7-18-8-6-14)9-1-3-10(4-2-9)13-12(16)17/h1-4,13H,5-8H2,(H,16,17). The highest BCUT2D eigenvalue weighted by molar-refractivity contribution is 5.95. The summed E-state index contributed by atoms with van der Waals surface area (Å²) in [5.41, 5.74) is 0.994. The van der Waals surface area contributed by atoms with Gasteiger partial charge < -0.3 is 14.7 Å². The molecule has 0 spiro atoms. The van der Waals surface area contributed by atoms with E-state index in [0.29, 0.717) is 37.6 Å². The number of hydrogen-bond donors (Lipinski definition) is 2. The van der Waals surface area contributed by atoms with Crippen LogP contribution in [0.5, 0.6) is 0 Å². The number of nitrogens with zero attached hydrogens (tertiary/aromatic N) is 1. The van der Waals surface area contributed by atoms with Gasteiger partial charge in [0.2, 0.25) is 0 Å². The van der Waals surface area contributed by atoms with Crippen molar-refractivity contribution in [1.29, 1.82) is 0 Å². The maximum atomic E-state index is 12.1. The van der Waals surface area contributed by atoms with Gasteiger partial charge in [-0.05, 0) is 24.3 Å². The van der Waals surface area contributed by atoms with Gasteiger partial charge in [0.1, 0.15) is 0 Å². The third-order valence-corrected chi connectivity index (χ3v) is 2.68. The molecule has 2 amide bonds. The van der Waals surface area contributed by atoms with Gasteiger partial charge in [0, 0.05) is 24.3 Å². The summed E-state index contributed by atoms with van der Waals surface area (Å²) in [5.74, 6) is -0.0554. The molecular formula is C12H14N2O4. The van der Waals surface area contributed by atoms with Gasteiger partial charge in [0.15, 0.2) is 0 Å². The summed E-state index contributed by atoms with van der Waals surface area (Å²) in [6.07, 6.45) is -1.12. The minimum Gasteiger partial charge on any atom is -0.465 e.